The molecule has 0 aliphatic heterocycles. The number of carbonyl (C=O) groups excluding carboxylic acids is 1. The Bertz CT molecular complexity index is 1050. The molecule has 1 heterocycles. The van der Waals surface area contributed by atoms with Crippen LogP contribution in [0.1, 0.15) is 27.2 Å². The number of amides is 1. The minimum atomic E-state index is -4.40. The molecule has 0 N–H and O–H groups in total. The molecule has 0 atom stereocenters. The van der Waals surface area contributed by atoms with Crippen molar-refractivity contribution >= 4 is 5.91 Å². The van der Waals surface area contributed by atoms with Gasteiger partial charge in [-0.15, -0.1) is 0 Å². The highest BCUT2D eigenvalue weighted by atomic mass is 19.4. The summed E-state index contributed by atoms with van der Waals surface area (Å²) in [6.45, 7) is 1.22. The van der Waals surface area contributed by atoms with Crippen LogP contribution < -0.4 is 4.74 Å². The lowest BCUT2D eigenvalue weighted by molar-refractivity contribution is -0.137. The monoisotopic (exact) mass is 446 g/mol. The number of nitrogens with zero attached hydrogens (tertiary/aromatic N) is 2. The molecule has 0 aliphatic rings. The minimum Gasteiger partial charge on any atom is -0.496 e. The van der Waals surface area contributed by atoms with Crippen LogP contribution in [-0.4, -0.2) is 42.7 Å². The van der Waals surface area contributed by atoms with Crippen LogP contribution in [0.2, 0.25) is 0 Å². The molecule has 0 aliphatic carbocycles. The molecule has 3 rings (SSSR count). The van der Waals surface area contributed by atoms with E-state index >= 15 is 0 Å². The van der Waals surface area contributed by atoms with Gasteiger partial charge < -0.3 is 18.9 Å². The molecule has 8 heteroatoms. The molecule has 0 saturated carbocycles. The second-order valence-electron chi connectivity index (χ2n) is 7.25. The van der Waals surface area contributed by atoms with Gasteiger partial charge in [0.15, 0.2) is 0 Å². The summed E-state index contributed by atoms with van der Waals surface area (Å²) < 4.78 is 51.5. The Labute approximate surface area is 185 Å². The van der Waals surface area contributed by atoms with Gasteiger partial charge in [0.25, 0.3) is 5.91 Å². The van der Waals surface area contributed by atoms with Crippen LogP contribution >= 0.6 is 0 Å². The third kappa shape index (κ3) is 5.70. The fourth-order valence-electron chi connectivity index (χ4n) is 3.43. The molecule has 5 nitrogen and oxygen atoms in total. The maximum absolute atomic E-state index is 13.2. The molecule has 170 valence electrons. The van der Waals surface area contributed by atoms with Crippen molar-refractivity contribution in [3.8, 4) is 5.75 Å². The molecule has 0 spiro atoms. The Balaban J connectivity index is 1.83. The van der Waals surface area contributed by atoms with E-state index in [0.717, 1.165) is 17.8 Å². The lowest BCUT2D eigenvalue weighted by Gasteiger charge is -2.24. The van der Waals surface area contributed by atoms with E-state index in [1.807, 2.05) is 16.7 Å². The second kappa shape index (κ2) is 10.4. The van der Waals surface area contributed by atoms with Gasteiger partial charge in [-0.05, 0) is 42.0 Å². The Hall–Kier alpha value is -3.26. The van der Waals surface area contributed by atoms with Crippen LogP contribution in [0, 0.1) is 0 Å². The summed E-state index contributed by atoms with van der Waals surface area (Å²) in [6, 6.07) is 15.9. The second-order valence-corrected chi connectivity index (χ2v) is 7.25. The molecule has 1 amide bonds. The molecule has 0 fully saturated rings. The van der Waals surface area contributed by atoms with Gasteiger partial charge >= 0.3 is 6.18 Å². The number of methoxy groups -OCH3 is 2. The number of para-hydroxylation sites is 1. The summed E-state index contributed by atoms with van der Waals surface area (Å²) in [5.41, 5.74) is 1.07. The number of halogens is 3. The number of rotatable bonds is 9. The molecule has 32 heavy (non-hydrogen) atoms. The van der Waals surface area contributed by atoms with E-state index in [1.165, 1.54) is 13.2 Å². The average Bonchev–Trinajstić information content (AvgIpc) is 3.22. The van der Waals surface area contributed by atoms with Gasteiger partial charge in [-0.1, -0.05) is 24.3 Å². The van der Waals surface area contributed by atoms with Gasteiger partial charge in [0.1, 0.15) is 5.75 Å². The van der Waals surface area contributed by atoms with E-state index in [1.54, 1.807) is 48.5 Å². The summed E-state index contributed by atoms with van der Waals surface area (Å²) in [4.78, 5) is 14.9. The van der Waals surface area contributed by atoms with E-state index in [-0.39, 0.29) is 19.0 Å². The van der Waals surface area contributed by atoms with Crippen molar-refractivity contribution in [2.45, 2.75) is 19.3 Å². The van der Waals surface area contributed by atoms with E-state index in [2.05, 4.69) is 0 Å². The summed E-state index contributed by atoms with van der Waals surface area (Å²) in [7, 11) is 3.06. The molecule has 3 aromatic rings. The van der Waals surface area contributed by atoms with E-state index in [9.17, 15) is 18.0 Å². The van der Waals surface area contributed by atoms with Gasteiger partial charge in [-0.2, -0.15) is 13.2 Å². The van der Waals surface area contributed by atoms with Crippen LogP contribution in [0.5, 0.6) is 5.75 Å². The summed E-state index contributed by atoms with van der Waals surface area (Å²) in [6.07, 6.45) is -2.61. The number of ether oxygens (including phenoxy) is 2. The summed E-state index contributed by atoms with van der Waals surface area (Å²) in [5, 5.41) is 0. The Kier molecular flexibility index (Phi) is 7.58. The lowest BCUT2D eigenvalue weighted by atomic mass is 10.1. The zero-order chi connectivity index (χ0) is 23.1. The standard InChI is InChI=1S/C24H25F3N2O3/c1-31-14-13-29(23(30)21-10-3-4-11-22(21)32-2)17-20-9-6-12-28(20)16-18-7-5-8-19(15-18)24(25,26)27/h3-12,15H,13-14,16-17H2,1-2H3. The van der Waals surface area contributed by atoms with Crippen molar-refractivity contribution in [1.29, 1.82) is 0 Å². The van der Waals surface area contributed by atoms with Crippen LogP contribution in [-0.2, 0) is 24.0 Å². The maximum Gasteiger partial charge on any atom is 0.416 e. The molecular weight excluding hydrogens is 421 g/mol. The van der Waals surface area contributed by atoms with Crippen molar-refractivity contribution in [2.24, 2.45) is 0 Å². The zero-order valence-corrected chi connectivity index (χ0v) is 17.9. The van der Waals surface area contributed by atoms with Gasteiger partial charge in [-0.25, -0.2) is 0 Å². The Morgan fingerprint density at radius 1 is 1.03 bits per heavy atom. The average molecular weight is 446 g/mol. The molecule has 0 radical (unpaired) electrons. The van der Waals surface area contributed by atoms with E-state index in [0.29, 0.717) is 30.0 Å². The van der Waals surface area contributed by atoms with E-state index in [4.69, 9.17) is 9.47 Å². The number of alkyl halides is 3. The molecule has 0 unspecified atom stereocenters. The van der Waals surface area contributed by atoms with Crippen molar-refractivity contribution in [1.82, 2.24) is 9.47 Å². The SMILES string of the molecule is COCCN(Cc1cccn1Cc1cccc(C(F)(F)F)c1)C(=O)c1ccccc1OC. The highest BCUT2D eigenvalue weighted by molar-refractivity contribution is 5.96. The van der Waals surface area contributed by atoms with Crippen molar-refractivity contribution in [3.63, 3.8) is 0 Å². The fraction of sp³-hybridized carbons (Fsp3) is 0.292. The first-order chi connectivity index (χ1) is 15.3. The zero-order valence-electron chi connectivity index (χ0n) is 17.9. The molecular formula is C24H25F3N2O3. The first-order valence-corrected chi connectivity index (χ1v) is 10.0. The summed E-state index contributed by atoms with van der Waals surface area (Å²) in [5.74, 6) is 0.255. The number of hydrogen-bond donors (Lipinski definition) is 0. The van der Waals surface area contributed by atoms with Gasteiger partial charge in [0.2, 0.25) is 0 Å². The largest absolute Gasteiger partial charge is 0.496 e. The molecule has 1 aromatic heterocycles. The Morgan fingerprint density at radius 3 is 2.53 bits per heavy atom. The first-order valence-electron chi connectivity index (χ1n) is 10.0. The van der Waals surface area contributed by atoms with Gasteiger partial charge in [-0.3, -0.25) is 4.79 Å². The Morgan fingerprint density at radius 2 is 1.81 bits per heavy atom. The van der Waals surface area contributed by atoms with Gasteiger partial charge in [0.05, 0.1) is 31.4 Å². The van der Waals surface area contributed by atoms with Crippen molar-refractivity contribution < 1.29 is 27.4 Å². The van der Waals surface area contributed by atoms with Crippen LogP contribution in [0.3, 0.4) is 0 Å². The van der Waals surface area contributed by atoms with E-state index < -0.39 is 11.7 Å². The number of aromatic nitrogens is 1. The smallest absolute Gasteiger partial charge is 0.416 e. The summed E-state index contributed by atoms with van der Waals surface area (Å²) >= 11 is 0. The van der Waals surface area contributed by atoms with Crippen molar-refractivity contribution in [2.75, 3.05) is 27.4 Å². The quantitative estimate of drug-likeness (QED) is 0.472. The lowest BCUT2D eigenvalue weighted by Crippen LogP contribution is -2.34. The van der Waals surface area contributed by atoms with Crippen LogP contribution in [0.15, 0.2) is 66.9 Å². The fourth-order valence-corrected chi connectivity index (χ4v) is 3.43. The number of benzene rings is 2. The maximum atomic E-state index is 13.2. The molecule has 2 aromatic carbocycles. The van der Waals surface area contributed by atoms with Crippen LogP contribution in [0.4, 0.5) is 13.2 Å². The molecule has 0 saturated heterocycles. The predicted octanol–water partition coefficient (Wildman–Crippen LogP) is 4.85. The first kappa shape index (κ1) is 23.4. The molecule has 0 bridgehead atoms. The third-order valence-electron chi connectivity index (χ3n) is 5.07. The topological polar surface area (TPSA) is 43.7 Å². The van der Waals surface area contributed by atoms with Crippen molar-refractivity contribution in [3.05, 3.63) is 89.2 Å². The predicted molar refractivity (Wildman–Crippen MR) is 115 cm³/mol. The number of hydrogen-bond acceptors (Lipinski definition) is 3. The van der Waals surface area contributed by atoms with Crippen LogP contribution in [0.25, 0.3) is 0 Å². The normalized spacial score (nSPS) is 11.4. The highest BCUT2D eigenvalue weighted by Gasteiger charge is 2.30. The number of carbonyl (C=O) groups is 1. The third-order valence-corrected chi connectivity index (χ3v) is 5.07. The minimum absolute atomic E-state index is 0.216. The van der Waals surface area contributed by atoms with Gasteiger partial charge in [0, 0.05) is 32.1 Å². The highest BCUT2D eigenvalue weighted by Crippen LogP contribution is 2.30.